The monoisotopic (exact) mass is 529 g/mol. The molecule has 0 saturated carbocycles. The number of hydrogen-bond acceptors (Lipinski definition) is 11. The minimum absolute atomic E-state index is 0.00390. The van der Waals surface area contributed by atoms with Crippen LogP contribution in [0, 0.1) is 5.82 Å². The van der Waals surface area contributed by atoms with Crippen molar-refractivity contribution in [3.05, 3.63) is 65.6 Å². The first-order valence-corrected chi connectivity index (χ1v) is 12.0. The number of aliphatic hydroxyl groups is 1. The van der Waals surface area contributed by atoms with Crippen LogP contribution in [-0.4, -0.2) is 68.7 Å². The molecule has 192 valence electrons. The zero-order valence-electron chi connectivity index (χ0n) is 19.6. The molecule has 4 rings (SSSR count). The van der Waals surface area contributed by atoms with E-state index < -0.39 is 27.2 Å². The molecule has 37 heavy (non-hydrogen) atoms. The SMILES string of the molecule is COC1=NC(c2nnc(NS(=O)(=O)[C@H](C)[C@@H](O)c3ncc(F)cn3)n2-c2c(O)cccc2OC)=C=C=C1. The summed E-state index contributed by atoms with van der Waals surface area (Å²) in [5.41, 5.74) is 5.52. The molecule has 0 amide bonds. The largest absolute Gasteiger partial charge is 0.506 e. The number of hydrogen-bond donors (Lipinski definition) is 3. The maximum absolute atomic E-state index is 13.2. The Morgan fingerprint density at radius 2 is 1.89 bits per heavy atom. The molecule has 3 aromatic rings. The van der Waals surface area contributed by atoms with Gasteiger partial charge in [0.2, 0.25) is 21.9 Å². The average molecular weight is 530 g/mol. The van der Waals surface area contributed by atoms with E-state index in [2.05, 4.69) is 41.3 Å². The van der Waals surface area contributed by atoms with Crippen LogP contribution in [0.1, 0.15) is 24.7 Å². The third-order valence-electron chi connectivity index (χ3n) is 5.19. The molecular formula is C22H20FN7O6S. The molecule has 2 atom stereocenters. The fraction of sp³-hybridized carbons (Fsp3) is 0.227. The smallest absolute Gasteiger partial charge is 0.243 e. The fourth-order valence-electron chi connectivity index (χ4n) is 3.24. The molecule has 3 heterocycles. The number of methoxy groups -OCH3 is 2. The third-order valence-corrected chi connectivity index (χ3v) is 6.89. The molecular weight excluding hydrogens is 509 g/mol. The van der Waals surface area contributed by atoms with E-state index in [1.165, 1.54) is 45.4 Å². The maximum Gasteiger partial charge on any atom is 0.243 e. The van der Waals surface area contributed by atoms with Crippen LogP contribution >= 0.6 is 0 Å². The van der Waals surface area contributed by atoms with Crippen molar-refractivity contribution in [1.82, 2.24) is 24.7 Å². The zero-order chi connectivity index (χ0) is 26.7. The van der Waals surface area contributed by atoms with Crippen LogP contribution in [0.4, 0.5) is 10.3 Å². The average Bonchev–Trinajstić information content (AvgIpc) is 3.30. The molecule has 0 aliphatic carbocycles. The van der Waals surface area contributed by atoms with Gasteiger partial charge in [-0.2, -0.15) is 0 Å². The van der Waals surface area contributed by atoms with Crippen molar-refractivity contribution in [1.29, 1.82) is 0 Å². The number of benzene rings is 1. The molecule has 0 spiro atoms. The van der Waals surface area contributed by atoms with Crippen LogP contribution in [0.15, 0.2) is 53.1 Å². The van der Waals surface area contributed by atoms with Crippen molar-refractivity contribution in [2.45, 2.75) is 18.3 Å². The molecule has 0 fully saturated rings. The number of ether oxygens (including phenoxy) is 2. The summed E-state index contributed by atoms with van der Waals surface area (Å²) < 4.78 is 53.5. The Balaban J connectivity index is 1.82. The number of aliphatic hydroxyl groups excluding tert-OH is 1. The van der Waals surface area contributed by atoms with Gasteiger partial charge in [0.25, 0.3) is 0 Å². The number of sulfonamides is 1. The summed E-state index contributed by atoms with van der Waals surface area (Å²) in [6.45, 7) is 1.20. The Labute approximate surface area is 210 Å². The van der Waals surface area contributed by atoms with Gasteiger partial charge in [0.05, 0.1) is 32.7 Å². The number of aromatic hydroxyl groups is 1. The number of rotatable bonds is 8. The van der Waals surface area contributed by atoms with Crippen LogP contribution in [0.25, 0.3) is 11.4 Å². The number of phenolic OH excluding ortho intramolecular Hbond substituents is 1. The molecule has 1 aromatic carbocycles. The Kier molecular flexibility index (Phi) is 7.05. The molecule has 0 radical (unpaired) electrons. The molecule has 0 saturated heterocycles. The van der Waals surface area contributed by atoms with Crippen LogP contribution < -0.4 is 9.46 Å². The van der Waals surface area contributed by atoms with E-state index in [9.17, 15) is 23.0 Å². The van der Waals surface area contributed by atoms with Crippen molar-refractivity contribution < 1.29 is 32.5 Å². The highest BCUT2D eigenvalue weighted by molar-refractivity contribution is 7.93. The number of halogens is 1. The molecule has 0 unspecified atom stereocenters. The van der Waals surface area contributed by atoms with Gasteiger partial charge >= 0.3 is 0 Å². The maximum atomic E-state index is 13.2. The molecule has 3 N–H and O–H groups in total. The summed E-state index contributed by atoms with van der Waals surface area (Å²) >= 11 is 0. The lowest BCUT2D eigenvalue weighted by Crippen LogP contribution is -2.32. The Morgan fingerprint density at radius 3 is 2.57 bits per heavy atom. The zero-order valence-corrected chi connectivity index (χ0v) is 20.4. The number of aromatic nitrogens is 5. The topological polar surface area (TPSA) is 174 Å². The molecule has 1 aliphatic heterocycles. The number of nitrogens with zero attached hydrogens (tertiary/aromatic N) is 6. The van der Waals surface area contributed by atoms with Gasteiger partial charge in [-0.05, 0) is 24.8 Å². The van der Waals surface area contributed by atoms with Gasteiger partial charge in [0, 0.05) is 0 Å². The van der Waals surface area contributed by atoms with E-state index in [1.54, 1.807) is 0 Å². The molecule has 13 nitrogen and oxygen atoms in total. The van der Waals surface area contributed by atoms with Crippen LogP contribution in [0.3, 0.4) is 0 Å². The van der Waals surface area contributed by atoms with Gasteiger partial charge in [-0.25, -0.2) is 27.8 Å². The normalized spacial score (nSPS) is 14.5. The van der Waals surface area contributed by atoms with Gasteiger partial charge in [0.1, 0.15) is 28.5 Å². The predicted octanol–water partition coefficient (Wildman–Crippen LogP) is 1.48. The standard InChI is InChI=1S/C22H20FN7O6S/c1-12(19(32)20-24-10-13(23)11-25-20)37(33,34)29-22-28-27-21(14-6-4-9-17(26-14)36-3)30(22)18-15(31)7-5-8-16(18)35-2/h5,7-12,19,31-32H,1-3H3,(H,28,29)/t12-,19-/m1/s1. The van der Waals surface area contributed by atoms with E-state index in [0.29, 0.717) is 0 Å². The number of para-hydroxylation sites is 1. The number of aliphatic imine (C=N–C) groups is 1. The first-order chi connectivity index (χ1) is 17.7. The third kappa shape index (κ3) is 5.06. The van der Waals surface area contributed by atoms with E-state index in [0.717, 1.165) is 17.0 Å². The number of nitrogens with one attached hydrogen (secondary N) is 1. The lowest BCUT2D eigenvalue weighted by atomic mass is 10.2. The highest BCUT2D eigenvalue weighted by Gasteiger charge is 2.34. The summed E-state index contributed by atoms with van der Waals surface area (Å²) in [5.74, 6) is -1.42. The highest BCUT2D eigenvalue weighted by Crippen LogP contribution is 2.36. The van der Waals surface area contributed by atoms with Gasteiger partial charge in [-0.1, -0.05) is 11.8 Å². The van der Waals surface area contributed by atoms with Crippen LogP contribution in [0.5, 0.6) is 11.5 Å². The van der Waals surface area contributed by atoms with Crippen molar-refractivity contribution >= 4 is 27.6 Å². The van der Waals surface area contributed by atoms with Crippen molar-refractivity contribution in [3.8, 4) is 17.2 Å². The molecule has 15 heteroatoms. The summed E-state index contributed by atoms with van der Waals surface area (Å²) in [4.78, 5) is 11.5. The van der Waals surface area contributed by atoms with Gasteiger partial charge < -0.3 is 19.7 Å². The van der Waals surface area contributed by atoms with Crippen molar-refractivity contribution in [3.63, 3.8) is 0 Å². The van der Waals surface area contributed by atoms with Crippen LogP contribution in [-0.2, 0) is 14.8 Å². The summed E-state index contributed by atoms with van der Waals surface area (Å²) in [6.07, 6.45) is 1.33. The first kappa shape index (κ1) is 25.5. The quantitative estimate of drug-likeness (QED) is 0.363. The van der Waals surface area contributed by atoms with E-state index >= 15 is 0 Å². The molecule has 1 aliphatic rings. The second-order valence-electron chi connectivity index (χ2n) is 7.48. The molecule has 2 aromatic heterocycles. The van der Waals surface area contributed by atoms with Crippen LogP contribution in [0.2, 0.25) is 0 Å². The number of anilines is 1. The van der Waals surface area contributed by atoms with Crippen molar-refractivity contribution in [2.75, 3.05) is 18.9 Å². The highest BCUT2D eigenvalue weighted by atomic mass is 32.2. The number of phenols is 1. The fourth-order valence-corrected chi connectivity index (χ4v) is 4.27. The Bertz CT molecular complexity index is 1570. The van der Waals surface area contributed by atoms with Gasteiger partial charge in [-0.15, -0.1) is 10.2 Å². The molecule has 0 bridgehead atoms. The minimum atomic E-state index is -4.40. The van der Waals surface area contributed by atoms with Gasteiger partial charge in [0.15, 0.2) is 23.2 Å². The minimum Gasteiger partial charge on any atom is -0.506 e. The first-order valence-electron chi connectivity index (χ1n) is 10.5. The summed E-state index contributed by atoms with van der Waals surface area (Å²) in [6, 6.07) is 4.41. The second kappa shape index (κ2) is 10.2. The summed E-state index contributed by atoms with van der Waals surface area (Å²) in [7, 11) is -1.64. The Morgan fingerprint density at radius 1 is 1.16 bits per heavy atom. The summed E-state index contributed by atoms with van der Waals surface area (Å²) in [5, 5.41) is 27.7. The van der Waals surface area contributed by atoms with Crippen molar-refractivity contribution in [2.24, 2.45) is 4.99 Å². The van der Waals surface area contributed by atoms with E-state index in [-0.39, 0.29) is 46.4 Å². The lowest BCUT2D eigenvalue weighted by Gasteiger charge is -2.20. The Hall–Kier alpha value is -4.55. The second-order valence-corrected chi connectivity index (χ2v) is 9.52. The van der Waals surface area contributed by atoms with E-state index in [1.807, 2.05) is 0 Å². The predicted molar refractivity (Wildman–Crippen MR) is 128 cm³/mol. The van der Waals surface area contributed by atoms with E-state index in [4.69, 9.17) is 9.47 Å². The lowest BCUT2D eigenvalue weighted by molar-refractivity contribution is 0.166. The van der Waals surface area contributed by atoms with Gasteiger partial charge in [-0.3, -0.25) is 9.29 Å².